The van der Waals surface area contributed by atoms with Crippen LogP contribution in [0.25, 0.3) is 16.9 Å². The molecule has 0 aliphatic heterocycles. The van der Waals surface area contributed by atoms with E-state index in [1.54, 1.807) is 36.4 Å². The zero-order valence-corrected chi connectivity index (χ0v) is 17.1. The van der Waals surface area contributed by atoms with E-state index in [0.29, 0.717) is 11.3 Å². The van der Waals surface area contributed by atoms with Gasteiger partial charge in [-0.2, -0.15) is 5.10 Å². The summed E-state index contributed by atoms with van der Waals surface area (Å²) < 4.78 is 1.67. The van der Waals surface area contributed by atoms with Crippen LogP contribution in [-0.4, -0.2) is 50.6 Å². The highest BCUT2D eigenvalue weighted by Crippen LogP contribution is 2.24. The molecule has 1 aromatic carbocycles. The molecule has 2 heterocycles. The summed E-state index contributed by atoms with van der Waals surface area (Å²) in [6, 6.07) is 13.2. The number of nitrogens with one attached hydrogen (secondary N) is 1. The first-order valence-corrected chi connectivity index (χ1v) is 9.36. The number of carbonyl (C=O) groups is 2. The highest BCUT2D eigenvalue weighted by Gasteiger charge is 2.24. The van der Waals surface area contributed by atoms with Crippen LogP contribution < -0.4 is 5.32 Å². The van der Waals surface area contributed by atoms with Crippen molar-refractivity contribution < 1.29 is 9.59 Å². The SMILES string of the molecule is CN(CC(=O)NC(C)(C)C)C(=O)c1cn(-c2ccccc2)nc1-c1cccnc1. The number of likely N-dealkylation sites (N-methyl/N-ethyl adjacent to an activating group) is 1. The molecule has 0 radical (unpaired) electrons. The highest BCUT2D eigenvalue weighted by molar-refractivity contribution is 6.01. The smallest absolute Gasteiger partial charge is 0.257 e. The Balaban J connectivity index is 1.93. The van der Waals surface area contributed by atoms with Crippen LogP contribution in [0.15, 0.2) is 61.1 Å². The average molecular weight is 391 g/mol. The molecule has 0 fully saturated rings. The predicted octanol–water partition coefficient (Wildman–Crippen LogP) is 2.92. The minimum Gasteiger partial charge on any atom is -0.350 e. The summed E-state index contributed by atoms with van der Waals surface area (Å²) in [5.41, 5.74) is 2.14. The maximum atomic E-state index is 13.2. The van der Waals surface area contributed by atoms with Crippen molar-refractivity contribution in [1.82, 2.24) is 25.0 Å². The van der Waals surface area contributed by atoms with Gasteiger partial charge in [0.25, 0.3) is 5.91 Å². The number of rotatable bonds is 5. The highest BCUT2D eigenvalue weighted by atomic mass is 16.2. The second kappa shape index (κ2) is 8.26. The maximum Gasteiger partial charge on any atom is 0.257 e. The van der Waals surface area contributed by atoms with Crippen molar-refractivity contribution in [2.75, 3.05) is 13.6 Å². The van der Waals surface area contributed by atoms with Gasteiger partial charge in [0.05, 0.1) is 17.8 Å². The zero-order chi connectivity index (χ0) is 21.0. The van der Waals surface area contributed by atoms with E-state index >= 15 is 0 Å². The van der Waals surface area contributed by atoms with Crippen LogP contribution in [0.2, 0.25) is 0 Å². The first kappa shape index (κ1) is 20.3. The molecular formula is C22H25N5O2. The van der Waals surface area contributed by atoms with Crippen LogP contribution in [0.3, 0.4) is 0 Å². The number of nitrogens with zero attached hydrogens (tertiary/aromatic N) is 4. The summed E-state index contributed by atoms with van der Waals surface area (Å²) in [7, 11) is 1.61. The minimum atomic E-state index is -0.361. The monoisotopic (exact) mass is 391 g/mol. The Morgan fingerprint density at radius 2 is 1.83 bits per heavy atom. The lowest BCUT2D eigenvalue weighted by molar-refractivity contribution is -0.122. The van der Waals surface area contributed by atoms with Gasteiger partial charge in [-0.3, -0.25) is 14.6 Å². The Morgan fingerprint density at radius 1 is 1.10 bits per heavy atom. The van der Waals surface area contributed by atoms with Gasteiger partial charge in [0.2, 0.25) is 5.91 Å². The Labute approximate surface area is 170 Å². The molecule has 7 nitrogen and oxygen atoms in total. The summed E-state index contributed by atoms with van der Waals surface area (Å²) >= 11 is 0. The normalized spacial score (nSPS) is 11.2. The van der Waals surface area contributed by atoms with E-state index in [1.165, 1.54) is 4.90 Å². The van der Waals surface area contributed by atoms with Crippen LogP contribution in [-0.2, 0) is 4.79 Å². The molecule has 0 saturated carbocycles. The van der Waals surface area contributed by atoms with E-state index in [4.69, 9.17) is 0 Å². The number of carbonyl (C=O) groups excluding carboxylic acids is 2. The summed E-state index contributed by atoms with van der Waals surface area (Å²) in [6.07, 6.45) is 5.03. The maximum absolute atomic E-state index is 13.2. The topological polar surface area (TPSA) is 80.1 Å². The van der Waals surface area contributed by atoms with Crippen molar-refractivity contribution >= 4 is 11.8 Å². The van der Waals surface area contributed by atoms with E-state index in [9.17, 15) is 9.59 Å². The summed E-state index contributed by atoms with van der Waals surface area (Å²) in [5.74, 6) is -0.498. The van der Waals surface area contributed by atoms with Gasteiger partial charge in [-0.25, -0.2) is 4.68 Å². The van der Waals surface area contributed by atoms with E-state index in [0.717, 1.165) is 11.3 Å². The van der Waals surface area contributed by atoms with Gasteiger partial charge in [-0.1, -0.05) is 18.2 Å². The van der Waals surface area contributed by atoms with Crippen molar-refractivity contribution in [2.45, 2.75) is 26.3 Å². The fourth-order valence-corrected chi connectivity index (χ4v) is 2.91. The fourth-order valence-electron chi connectivity index (χ4n) is 2.91. The summed E-state index contributed by atoms with van der Waals surface area (Å²) in [6.45, 7) is 5.66. The molecule has 1 N–H and O–H groups in total. The third-order valence-corrected chi connectivity index (χ3v) is 4.14. The lowest BCUT2D eigenvalue weighted by Crippen LogP contribution is -2.46. The van der Waals surface area contributed by atoms with Crippen molar-refractivity contribution in [3.63, 3.8) is 0 Å². The fraction of sp³-hybridized carbons (Fsp3) is 0.273. The third kappa shape index (κ3) is 5.07. The molecule has 0 saturated heterocycles. The third-order valence-electron chi connectivity index (χ3n) is 4.14. The molecule has 7 heteroatoms. The summed E-state index contributed by atoms with van der Waals surface area (Å²) in [4.78, 5) is 30.9. The van der Waals surface area contributed by atoms with Crippen molar-refractivity contribution in [2.24, 2.45) is 0 Å². The lowest BCUT2D eigenvalue weighted by atomic mass is 10.1. The second-order valence-corrected chi connectivity index (χ2v) is 7.87. The number of hydrogen-bond donors (Lipinski definition) is 1. The zero-order valence-electron chi connectivity index (χ0n) is 17.1. The molecule has 0 spiro atoms. The van der Waals surface area contributed by atoms with Gasteiger partial charge < -0.3 is 10.2 Å². The van der Waals surface area contributed by atoms with Crippen LogP contribution in [0, 0.1) is 0 Å². The average Bonchev–Trinajstić information content (AvgIpc) is 3.12. The molecule has 3 aromatic rings. The number of hydrogen-bond acceptors (Lipinski definition) is 4. The number of aromatic nitrogens is 3. The minimum absolute atomic E-state index is 0.0426. The number of benzene rings is 1. The molecule has 0 atom stereocenters. The van der Waals surface area contributed by atoms with E-state index < -0.39 is 0 Å². The molecule has 0 unspecified atom stereocenters. The van der Waals surface area contributed by atoms with Gasteiger partial charge in [0.15, 0.2) is 0 Å². The standard InChI is InChI=1S/C22H25N5O2/c1-22(2,3)24-19(28)15-26(4)21(29)18-14-27(17-10-6-5-7-11-17)25-20(18)16-9-8-12-23-13-16/h5-14H,15H2,1-4H3,(H,24,28). The van der Waals surface area contributed by atoms with Crippen LogP contribution in [0.5, 0.6) is 0 Å². The molecule has 2 aromatic heterocycles. The van der Waals surface area contributed by atoms with Crippen molar-refractivity contribution in [1.29, 1.82) is 0 Å². The molecular weight excluding hydrogens is 366 g/mol. The Kier molecular flexibility index (Phi) is 5.77. The first-order valence-electron chi connectivity index (χ1n) is 9.36. The molecule has 0 aliphatic carbocycles. The molecule has 0 aliphatic rings. The van der Waals surface area contributed by atoms with E-state index in [1.807, 2.05) is 57.2 Å². The quantitative estimate of drug-likeness (QED) is 0.725. The van der Waals surface area contributed by atoms with Gasteiger partial charge in [0, 0.05) is 36.7 Å². The van der Waals surface area contributed by atoms with Crippen LogP contribution in [0.4, 0.5) is 0 Å². The molecule has 29 heavy (non-hydrogen) atoms. The van der Waals surface area contributed by atoms with Crippen molar-refractivity contribution in [3.8, 4) is 16.9 Å². The second-order valence-electron chi connectivity index (χ2n) is 7.87. The van der Waals surface area contributed by atoms with E-state index in [-0.39, 0.29) is 23.9 Å². The van der Waals surface area contributed by atoms with Gasteiger partial charge in [-0.15, -0.1) is 0 Å². The lowest BCUT2D eigenvalue weighted by Gasteiger charge is -2.23. The summed E-state index contributed by atoms with van der Waals surface area (Å²) in [5, 5.41) is 7.49. The number of amides is 2. The Hall–Kier alpha value is -3.48. The van der Waals surface area contributed by atoms with Crippen molar-refractivity contribution in [3.05, 3.63) is 66.6 Å². The van der Waals surface area contributed by atoms with Gasteiger partial charge in [-0.05, 0) is 45.0 Å². The van der Waals surface area contributed by atoms with Crippen LogP contribution in [0.1, 0.15) is 31.1 Å². The first-order chi connectivity index (χ1) is 13.7. The Bertz CT molecular complexity index is 991. The van der Waals surface area contributed by atoms with Gasteiger partial charge >= 0.3 is 0 Å². The Morgan fingerprint density at radius 3 is 2.45 bits per heavy atom. The molecule has 3 rings (SSSR count). The molecule has 2 amide bonds. The number of pyridine rings is 1. The number of para-hydroxylation sites is 1. The van der Waals surface area contributed by atoms with Gasteiger partial charge in [0.1, 0.15) is 5.69 Å². The largest absolute Gasteiger partial charge is 0.350 e. The predicted molar refractivity (Wildman–Crippen MR) is 112 cm³/mol. The van der Waals surface area contributed by atoms with Crippen LogP contribution >= 0.6 is 0 Å². The molecule has 150 valence electrons. The van der Waals surface area contributed by atoms with E-state index in [2.05, 4.69) is 15.4 Å². The molecule has 0 bridgehead atoms.